The van der Waals surface area contributed by atoms with E-state index < -0.39 is 5.97 Å². The molecule has 5 heteroatoms. The first kappa shape index (κ1) is 13.6. The molecule has 0 aromatic heterocycles. The van der Waals surface area contributed by atoms with E-state index in [0.717, 1.165) is 11.6 Å². The highest BCUT2D eigenvalue weighted by Crippen LogP contribution is 1.90. The number of hydrogen-bond donors (Lipinski definition) is 2. The molecule has 0 rings (SSSR count). The highest BCUT2D eigenvalue weighted by atomic mass is 16.4. The minimum atomic E-state index is -0.946. The summed E-state index contributed by atoms with van der Waals surface area (Å²) in [6.07, 6.45) is 1.58. The van der Waals surface area contributed by atoms with E-state index in [2.05, 4.69) is 5.32 Å². The fourth-order valence-corrected chi connectivity index (χ4v) is 0.966. The summed E-state index contributed by atoms with van der Waals surface area (Å²) in [5, 5.41) is 11.4. The third kappa shape index (κ3) is 7.69. The molecule has 0 atom stereocenters. The highest BCUT2D eigenvalue weighted by molar-refractivity contribution is 5.80. The summed E-state index contributed by atoms with van der Waals surface area (Å²) in [6, 6.07) is 0. The van der Waals surface area contributed by atoms with E-state index >= 15 is 0 Å². The van der Waals surface area contributed by atoms with Crippen molar-refractivity contribution in [1.82, 2.24) is 10.2 Å². The minimum Gasteiger partial charge on any atom is -0.478 e. The zero-order valence-electron chi connectivity index (χ0n) is 9.41. The second-order valence-corrected chi connectivity index (χ2v) is 3.54. The summed E-state index contributed by atoms with van der Waals surface area (Å²) < 4.78 is 0. The lowest BCUT2D eigenvalue weighted by molar-refractivity contribution is -0.131. The van der Waals surface area contributed by atoms with Crippen molar-refractivity contribution in [1.29, 1.82) is 0 Å². The Balaban J connectivity index is 3.63. The summed E-state index contributed by atoms with van der Waals surface area (Å²) in [5.74, 6) is -0.888. The van der Waals surface area contributed by atoms with Crippen molar-refractivity contribution in [2.45, 2.75) is 13.3 Å². The van der Waals surface area contributed by atoms with E-state index in [1.54, 1.807) is 21.0 Å². The summed E-state index contributed by atoms with van der Waals surface area (Å²) in [5.41, 5.74) is 0.736. The van der Waals surface area contributed by atoms with E-state index in [1.807, 2.05) is 0 Å². The first-order valence-corrected chi connectivity index (χ1v) is 4.74. The topological polar surface area (TPSA) is 69.6 Å². The lowest BCUT2D eigenvalue weighted by Crippen LogP contribution is -2.27. The Morgan fingerprint density at radius 1 is 1.40 bits per heavy atom. The van der Waals surface area contributed by atoms with Gasteiger partial charge in [0.2, 0.25) is 5.91 Å². The van der Waals surface area contributed by atoms with Gasteiger partial charge in [0.1, 0.15) is 0 Å². The number of carboxylic acid groups (broad SMARTS) is 1. The van der Waals surface area contributed by atoms with E-state index in [9.17, 15) is 9.59 Å². The molecular formula is C10H18N2O3. The van der Waals surface area contributed by atoms with Gasteiger partial charge in [-0.25, -0.2) is 4.79 Å². The van der Waals surface area contributed by atoms with Crippen molar-refractivity contribution in [2.75, 3.05) is 27.2 Å². The molecule has 0 aromatic rings. The van der Waals surface area contributed by atoms with Gasteiger partial charge in [0, 0.05) is 39.7 Å². The summed E-state index contributed by atoms with van der Waals surface area (Å²) in [7, 11) is 3.41. The first-order chi connectivity index (χ1) is 6.93. The van der Waals surface area contributed by atoms with Crippen LogP contribution in [0.3, 0.4) is 0 Å². The summed E-state index contributed by atoms with van der Waals surface area (Å²) in [6.45, 7) is 2.78. The average molecular weight is 214 g/mol. The summed E-state index contributed by atoms with van der Waals surface area (Å²) >= 11 is 0. The average Bonchev–Trinajstić information content (AvgIpc) is 2.10. The van der Waals surface area contributed by atoms with Crippen LogP contribution in [-0.4, -0.2) is 49.1 Å². The van der Waals surface area contributed by atoms with Crippen molar-refractivity contribution >= 4 is 11.9 Å². The number of carbonyl (C=O) groups excluding carboxylic acids is 1. The first-order valence-electron chi connectivity index (χ1n) is 4.74. The third-order valence-electron chi connectivity index (χ3n) is 1.79. The molecule has 0 saturated heterocycles. The minimum absolute atomic E-state index is 0.0577. The molecule has 0 aliphatic heterocycles. The van der Waals surface area contributed by atoms with Gasteiger partial charge in [-0.15, -0.1) is 0 Å². The van der Waals surface area contributed by atoms with Crippen LogP contribution in [-0.2, 0) is 9.59 Å². The molecule has 1 amide bonds. The Bertz CT molecular complexity index is 259. The lowest BCUT2D eigenvalue weighted by atomic mass is 10.2. The van der Waals surface area contributed by atoms with Gasteiger partial charge in [-0.2, -0.15) is 0 Å². The van der Waals surface area contributed by atoms with Gasteiger partial charge in [0.25, 0.3) is 0 Å². The zero-order chi connectivity index (χ0) is 11.8. The van der Waals surface area contributed by atoms with Crippen molar-refractivity contribution in [3.05, 3.63) is 11.6 Å². The van der Waals surface area contributed by atoms with E-state index in [4.69, 9.17) is 5.11 Å². The molecule has 0 bridgehead atoms. The van der Waals surface area contributed by atoms with Crippen LogP contribution in [0.4, 0.5) is 0 Å². The molecule has 2 N–H and O–H groups in total. The van der Waals surface area contributed by atoms with E-state index in [1.165, 1.54) is 4.90 Å². The predicted molar refractivity (Wildman–Crippen MR) is 57.6 cm³/mol. The molecular weight excluding hydrogens is 196 g/mol. The fourth-order valence-electron chi connectivity index (χ4n) is 0.966. The van der Waals surface area contributed by atoms with Crippen LogP contribution < -0.4 is 5.32 Å². The quantitative estimate of drug-likeness (QED) is 0.485. The van der Waals surface area contributed by atoms with Gasteiger partial charge in [-0.05, 0) is 6.92 Å². The second-order valence-electron chi connectivity index (χ2n) is 3.54. The molecule has 0 aliphatic carbocycles. The van der Waals surface area contributed by atoms with Gasteiger partial charge >= 0.3 is 5.97 Å². The van der Waals surface area contributed by atoms with Crippen LogP contribution in [0.1, 0.15) is 13.3 Å². The Hall–Kier alpha value is -1.36. The van der Waals surface area contributed by atoms with Gasteiger partial charge in [0.05, 0.1) is 0 Å². The van der Waals surface area contributed by atoms with Gasteiger partial charge in [-0.3, -0.25) is 4.79 Å². The molecule has 0 unspecified atom stereocenters. The Labute approximate surface area is 89.8 Å². The SMILES string of the molecule is CC(=CC(=O)O)CNCCC(=O)N(C)C. The number of hydrogen-bond acceptors (Lipinski definition) is 3. The maximum absolute atomic E-state index is 11.1. The number of rotatable bonds is 6. The lowest BCUT2D eigenvalue weighted by Gasteiger charge is -2.10. The van der Waals surface area contributed by atoms with Crippen molar-refractivity contribution < 1.29 is 14.7 Å². The predicted octanol–water partition coefficient (Wildman–Crippen LogP) is 0.0852. The number of carbonyl (C=O) groups is 2. The highest BCUT2D eigenvalue weighted by Gasteiger charge is 2.02. The largest absolute Gasteiger partial charge is 0.478 e. The van der Waals surface area contributed by atoms with Crippen LogP contribution in [0.5, 0.6) is 0 Å². The number of nitrogens with one attached hydrogen (secondary N) is 1. The fraction of sp³-hybridized carbons (Fsp3) is 0.600. The molecule has 0 saturated carbocycles. The molecule has 15 heavy (non-hydrogen) atoms. The number of amides is 1. The van der Waals surface area contributed by atoms with Crippen molar-refractivity contribution in [2.24, 2.45) is 0 Å². The van der Waals surface area contributed by atoms with Gasteiger partial charge < -0.3 is 15.3 Å². The molecule has 0 fully saturated rings. The monoisotopic (exact) mass is 214 g/mol. The standard InChI is InChI=1S/C10H18N2O3/c1-8(6-10(14)15)7-11-5-4-9(13)12(2)3/h6,11H,4-5,7H2,1-3H3,(H,14,15). The number of aliphatic carboxylic acids is 1. The van der Waals surface area contributed by atoms with Crippen molar-refractivity contribution in [3.8, 4) is 0 Å². The molecule has 0 heterocycles. The maximum Gasteiger partial charge on any atom is 0.328 e. The smallest absolute Gasteiger partial charge is 0.328 e. The van der Waals surface area contributed by atoms with E-state index in [-0.39, 0.29) is 5.91 Å². The molecule has 86 valence electrons. The normalized spacial score (nSPS) is 11.3. The van der Waals surface area contributed by atoms with Crippen molar-refractivity contribution in [3.63, 3.8) is 0 Å². The molecule has 0 aliphatic rings. The Morgan fingerprint density at radius 2 is 2.00 bits per heavy atom. The van der Waals surface area contributed by atoms with Crippen LogP contribution in [0.25, 0.3) is 0 Å². The van der Waals surface area contributed by atoms with Crippen LogP contribution in [0.15, 0.2) is 11.6 Å². The number of nitrogens with zero attached hydrogens (tertiary/aromatic N) is 1. The van der Waals surface area contributed by atoms with Gasteiger partial charge in [-0.1, -0.05) is 5.57 Å². The molecule has 5 nitrogen and oxygen atoms in total. The zero-order valence-corrected chi connectivity index (χ0v) is 9.41. The van der Waals surface area contributed by atoms with Crippen LogP contribution >= 0.6 is 0 Å². The Kier molecular flexibility index (Phi) is 6.37. The Morgan fingerprint density at radius 3 is 2.47 bits per heavy atom. The van der Waals surface area contributed by atoms with Gasteiger partial charge in [0.15, 0.2) is 0 Å². The number of carboxylic acids is 1. The second kappa shape index (κ2) is 7.00. The molecule has 0 spiro atoms. The maximum atomic E-state index is 11.1. The third-order valence-corrected chi connectivity index (χ3v) is 1.79. The van der Waals surface area contributed by atoms with Crippen LogP contribution in [0.2, 0.25) is 0 Å². The van der Waals surface area contributed by atoms with Crippen LogP contribution in [0, 0.1) is 0 Å². The summed E-state index contributed by atoms with van der Waals surface area (Å²) in [4.78, 5) is 22.9. The molecule has 0 aromatic carbocycles. The molecule has 0 radical (unpaired) electrons. The van der Waals surface area contributed by atoms with E-state index in [0.29, 0.717) is 19.5 Å².